The fourth-order valence-corrected chi connectivity index (χ4v) is 15.1. The maximum absolute atomic E-state index is 11.5. The Labute approximate surface area is 163 Å². The molecule has 0 aliphatic rings. The highest BCUT2D eigenvalue weighted by Crippen LogP contribution is 2.27. The lowest BCUT2D eigenvalue weighted by molar-refractivity contribution is -0.116. The summed E-state index contributed by atoms with van der Waals surface area (Å²) in [5.41, 5.74) is 5.48. The Morgan fingerprint density at radius 1 is 0.808 bits per heavy atom. The molecule has 0 rings (SSSR count). The van der Waals surface area contributed by atoms with Crippen LogP contribution in [0.3, 0.4) is 0 Å². The first-order valence-corrected chi connectivity index (χ1v) is 19.4. The van der Waals surface area contributed by atoms with E-state index in [9.17, 15) is 4.79 Å². The molecule has 0 bridgehead atoms. The molecule has 0 saturated carbocycles. The number of hydrogen-bond acceptors (Lipinski definition) is 5. The van der Waals surface area contributed by atoms with E-state index < -0.39 is 33.8 Å². The third-order valence-electron chi connectivity index (χ3n) is 3.55. The summed E-state index contributed by atoms with van der Waals surface area (Å²) >= 11 is 0. The molecule has 0 fully saturated rings. The number of Topliss-reactive ketones (excluding diaryl/α,β-unsaturated/α-hetero) is 1. The van der Waals surface area contributed by atoms with Gasteiger partial charge in [-0.25, -0.2) is 0 Å². The van der Waals surface area contributed by atoms with Crippen molar-refractivity contribution in [2.45, 2.75) is 46.2 Å². The van der Waals surface area contributed by atoms with Crippen LogP contribution < -0.4 is 0 Å². The van der Waals surface area contributed by atoms with Gasteiger partial charge >= 0.3 is 8.80 Å². The van der Waals surface area contributed by atoms with Gasteiger partial charge in [0.05, 0.1) is 0 Å². The van der Waals surface area contributed by atoms with Gasteiger partial charge in [-0.05, 0) is 39.3 Å². The molecule has 0 aliphatic carbocycles. The summed E-state index contributed by atoms with van der Waals surface area (Å²) in [5.74, 6) is -0.180. The fraction of sp³-hybridized carbons (Fsp3) is 0.471. The van der Waals surface area contributed by atoms with E-state index in [0.717, 1.165) is 0 Å². The van der Waals surface area contributed by atoms with E-state index >= 15 is 0 Å². The van der Waals surface area contributed by atoms with Gasteiger partial charge in [0.25, 0.3) is 0 Å². The van der Waals surface area contributed by atoms with E-state index in [1.54, 1.807) is 0 Å². The molecule has 0 spiro atoms. The maximum atomic E-state index is 11.5. The van der Waals surface area contributed by atoms with Gasteiger partial charge in [0, 0.05) is 6.92 Å². The number of rotatable bonds is 13. The summed E-state index contributed by atoms with van der Waals surface area (Å²) < 4.78 is 25.1. The number of hydrogen-bond donors (Lipinski definition) is 0. The summed E-state index contributed by atoms with van der Waals surface area (Å²) in [7, 11) is -10.2. The molecule has 148 valence electrons. The zero-order valence-corrected chi connectivity index (χ0v) is 21.3. The van der Waals surface area contributed by atoms with Crippen molar-refractivity contribution in [2.75, 3.05) is 6.23 Å². The molecule has 0 aromatic rings. The van der Waals surface area contributed by atoms with Gasteiger partial charge in [-0.1, -0.05) is 23.7 Å². The van der Waals surface area contributed by atoms with E-state index in [4.69, 9.17) is 17.1 Å². The number of carbonyl (C=O) groups excluding carboxylic acids is 1. The highest BCUT2D eigenvalue weighted by Gasteiger charge is 2.52. The number of allylic oxidation sites excluding steroid dienone is 1. The van der Waals surface area contributed by atoms with Gasteiger partial charge in [-0.3, -0.25) is 4.79 Å². The molecule has 0 heterocycles. The van der Waals surface area contributed by atoms with Crippen LogP contribution in [-0.4, -0.2) is 45.8 Å². The van der Waals surface area contributed by atoms with E-state index in [2.05, 4.69) is 26.3 Å². The molecule has 0 atom stereocenters. The van der Waals surface area contributed by atoms with Crippen LogP contribution in [0.1, 0.15) is 6.92 Å². The molecule has 0 radical (unpaired) electrons. The summed E-state index contributed by atoms with van der Waals surface area (Å²) in [6, 6.07) is 0. The lowest BCUT2D eigenvalue weighted by atomic mass is 10.4. The zero-order chi connectivity index (χ0) is 20.8. The predicted octanol–water partition coefficient (Wildman–Crippen LogP) is 4.42. The standard InChI is InChI=1S/C17H34O5Si4/c1-12-23(6,7)20-26(21-24(8,9)13-2,22-25(10,11)14-3)15-19-17(5)16(4)18/h12-14H,1-3,5,15H2,4,6-11H3. The van der Waals surface area contributed by atoms with E-state index in [-0.39, 0.29) is 17.8 Å². The highest BCUT2D eigenvalue weighted by molar-refractivity contribution is 6.93. The van der Waals surface area contributed by atoms with Gasteiger partial charge in [-0.2, -0.15) is 0 Å². The van der Waals surface area contributed by atoms with Crippen LogP contribution in [0.25, 0.3) is 0 Å². The minimum Gasteiger partial charge on any atom is -0.486 e. The average molecular weight is 431 g/mol. The fourth-order valence-electron chi connectivity index (χ4n) is 1.76. The Hall–Kier alpha value is -0.822. The lowest BCUT2D eigenvalue weighted by Crippen LogP contribution is -2.64. The van der Waals surface area contributed by atoms with Crippen LogP contribution in [0.15, 0.2) is 49.2 Å². The Morgan fingerprint density at radius 2 is 1.12 bits per heavy atom. The monoisotopic (exact) mass is 430 g/mol. The minimum absolute atomic E-state index is 0.0181. The van der Waals surface area contributed by atoms with Gasteiger partial charge in [0.1, 0.15) is 0 Å². The van der Waals surface area contributed by atoms with Crippen molar-refractivity contribution in [3.8, 4) is 0 Å². The van der Waals surface area contributed by atoms with Crippen molar-refractivity contribution < 1.29 is 21.9 Å². The molecule has 0 aromatic carbocycles. The van der Waals surface area contributed by atoms with Gasteiger partial charge in [0.2, 0.25) is 25.0 Å². The van der Waals surface area contributed by atoms with Gasteiger partial charge in [-0.15, -0.1) is 19.7 Å². The van der Waals surface area contributed by atoms with Crippen LogP contribution in [0, 0.1) is 0 Å². The molecule has 0 aromatic heterocycles. The third kappa shape index (κ3) is 8.71. The van der Waals surface area contributed by atoms with Gasteiger partial charge < -0.3 is 17.1 Å². The van der Waals surface area contributed by atoms with Crippen molar-refractivity contribution in [3.63, 3.8) is 0 Å². The molecule has 5 nitrogen and oxygen atoms in total. The summed E-state index contributed by atoms with van der Waals surface area (Å²) in [5, 5.41) is 0. The summed E-state index contributed by atoms with van der Waals surface area (Å²) in [6.45, 7) is 28.8. The van der Waals surface area contributed by atoms with E-state index in [1.807, 2.05) is 56.4 Å². The molecule has 0 unspecified atom stereocenters. The smallest absolute Gasteiger partial charge is 0.486 e. The SMILES string of the molecule is C=C[Si](C)(C)O[Si](COC(=C)C(C)=O)(O[Si](C)(C)C=C)O[Si](C)(C)C=C. The predicted molar refractivity (Wildman–Crippen MR) is 118 cm³/mol. The Bertz CT molecular complexity index is 514. The average Bonchev–Trinajstić information content (AvgIpc) is 2.51. The summed E-state index contributed by atoms with van der Waals surface area (Å²) in [6.07, 6.45) is 0.0181. The molecule has 9 heteroatoms. The first-order valence-electron chi connectivity index (χ1n) is 8.47. The number of ketones is 1. The lowest BCUT2D eigenvalue weighted by Gasteiger charge is -2.42. The van der Waals surface area contributed by atoms with Crippen LogP contribution in [0.5, 0.6) is 0 Å². The second kappa shape index (κ2) is 9.40. The number of ether oxygens (including phenoxy) is 1. The van der Waals surface area contributed by atoms with Gasteiger partial charge in [0.15, 0.2) is 17.8 Å². The van der Waals surface area contributed by atoms with Crippen LogP contribution >= 0.6 is 0 Å². The minimum atomic E-state index is -3.34. The molecule has 0 saturated heterocycles. The maximum Gasteiger partial charge on any atom is 0.510 e. The molecular weight excluding hydrogens is 397 g/mol. The quantitative estimate of drug-likeness (QED) is 0.246. The van der Waals surface area contributed by atoms with Crippen molar-refractivity contribution in [1.82, 2.24) is 0 Å². The summed E-state index contributed by atoms with van der Waals surface area (Å²) in [4.78, 5) is 11.5. The highest BCUT2D eigenvalue weighted by atomic mass is 28.5. The molecular formula is C17H34O5Si4. The zero-order valence-electron chi connectivity index (χ0n) is 17.3. The van der Waals surface area contributed by atoms with Crippen LogP contribution in [-0.2, 0) is 21.9 Å². The third-order valence-corrected chi connectivity index (χ3v) is 17.0. The molecule has 0 aliphatic heterocycles. The molecule has 0 amide bonds. The molecule has 26 heavy (non-hydrogen) atoms. The van der Waals surface area contributed by atoms with Crippen molar-refractivity contribution >= 4 is 39.5 Å². The van der Waals surface area contributed by atoms with Crippen molar-refractivity contribution in [2.24, 2.45) is 0 Å². The first-order chi connectivity index (χ1) is 11.6. The number of carbonyl (C=O) groups is 1. The largest absolute Gasteiger partial charge is 0.510 e. The Balaban J connectivity index is 6.07. The van der Waals surface area contributed by atoms with Crippen molar-refractivity contribution in [3.05, 3.63) is 49.2 Å². The van der Waals surface area contributed by atoms with Crippen LogP contribution in [0.4, 0.5) is 0 Å². The second-order valence-corrected chi connectivity index (χ2v) is 22.6. The van der Waals surface area contributed by atoms with Crippen molar-refractivity contribution in [1.29, 1.82) is 0 Å². The van der Waals surface area contributed by atoms with E-state index in [1.165, 1.54) is 6.92 Å². The van der Waals surface area contributed by atoms with Crippen LogP contribution in [0.2, 0.25) is 39.3 Å². The topological polar surface area (TPSA) is 54.0 Å². The first kappa shape index (κ1) is 25.2. The normalized spacial score (nSPS) is 13.0. The Morgan fingerprint density at radius 3 is 1.35 bits per heavy atom. The van der Waals surface area contributed by atoms with E-state index in [0.29, 0.717) is 0 Å². The molecule has 0 N–H and O–H groups in total. The second-order valence-electron chi connectivity index (χ2n) is 7.68. The Kier molecular flexibility index (Phi) is 9.10.